The summed E-state index contributed by atoms with van der Waals surface area (Å²) in [5.74, 6) is -1.30. The minimum atomic E-state index is -1.87. The largest absolute Gasteiger partial charge is 0.479 e. The Morgan fingerprint density at radius 1 is 1.28 bits per heavy atom. The maximum Gasteiger partial charge on any atom is 0.336 e. The molecule has 0 aliphatic carbocycles. The number of hydrogen-bond acceptors (Lipinski definition) is 4. The molecule has 2 atom stereocenters. The van der Waals surface area contributed by atoms with Crippen molar-refractivity contribution in [1.29, 1.82) is 0 Å². The highest BCUT2D eigenvalue weighted by Crippen LogP contribution is 2.20. The number of benzene rings is 1. The molecule has 0 bridgehead atoms. The van der Waals surface area contributed by atoms with Gasteiger partial charge in [-0.3, -0.25) is 0 Å². The predicted molar refractivity (Wildman–Crippen MR) is 67.1 cm³/mol. The summed E-state index contributed by atoms with van der Waals surface area (Å²) in [5, 5.41) is 30.9. The molecule has 18 heavy (non-hydrogen) atoms. The van der Waals surface area contributed by atoms with Gasteiger partial charge >= 0.3 is 5.97 Å². The molecule has 0 saturated carbocycles. The van der Waals surface area contributed by atoms with Crippen molar-refractivity contribution in [1.82, 2.24) is 5.32 Å². The Hall–Kier alpha value is -1.43. The Morgan fingerprint density at radius 2 is 1.83 bits per heavy atom. The fourth-order valence-corrected chi connectivity index (χ4v) is 1.50. The molecule has 0 saturated heterocycles. The Bertz CT molecular complexity index is 405. The van der Waals surface area contributed by atoms with Gasteiger partial charge in [-0.15, -0.1) is 0 Å². The second-order valence-electron chi connectivity index (χ2n) is 4.79. The van der Waals surface area contributed by atoms with E-state index in [1.807, 2.05) is 30.3 Å². The van der Waals surface area contributed by atoms with Crippen LogP contribution >= 0.6 is 0 Å². The van der Waals surface area contributed by atoms with E-state index in [1.54, 1.807) is 6.92 Å². The number of carboxylic acids is 1. The summed E-state index contributed by atoms with van der Waals surface area (Å²) in [4.78, 5) is 10.8. The molecule has 1 aromatic rings. The second-order valence-corrected chi connectivity index (χ2v) is 4.79. The van der Waals surface area contributed by atoms with Crippen molar-refractivity contribution in [3.05, 3.63) is 35.9 Å². The highest BCUT2D eigenvalue weighted by atomic mass is 16.4. The van der Waals surface area contributed by atoms with E-state index in [0.717, 1.165) is 5.56 Å². The van der Waals surface area contributed by atoms with Crippen LogP contribution in [0, 0.1) is 0 Å². The van der Waals surface area contributed by atoms with Crippen LogP contribution in [0.25, 0.3) is 0 Å². The van der Waals surface area contributed by atoms with E-state index >= 15 is 0 Å². The lowest BCUT2D eigenvalue weighted by Gasteiger charge is -2.32. The lowest BCUT2D eigenvalue weighted by atomic mass is 9.92. The molecular weight excluding hydrogens is 234 g/mol. The van der Waals surface area contributed by atoms with Crippen LogP contribution < -0.4 is 5.32 Å². The summed E-state index contributed by atoms with van der Waals surface area (Å²) in [5.41, 5.74) is -1.83. The average molecular weight is 253 g/mol. The zero-order valence-electron chi connectivity index (χ0n) is 10.6. The maximum absolute atomic E-state index is 10.8. The number of nitrogens with one attached hydrogen (secondary N) is 1. The van der Waals surface area contributed by atoms with E-state index in [2.05, 4.69) is 5.32 Å². The van der Waals surface area contributed by atoms with Gasteiger partial charge in [0.2, 0.25) is 0 Å². The molecule has 0 radical (unpaired) electrons. The number of aliphatic carboxylic acids is 1. The maximum atomic E-state index is 10.8. The number of hydrogen-bond donors (Lipinski definition) is 4. The van der Waals surface area contributed by atoms with Crippen LogP contribution in [0.4, 0.5) is 0 Å². The van der Waals surface area contributed by atoms with E-state index in [1.165, 1.54) is 6.92 Å². The first-order valence-electron chi connectivity index (χ1n) is 5.69. The number of rotatable bonds is 6. The van der Waals surface area contributed by atoms with E-state index in [9.17, 15) is 15.0 Å². The van der Waals surface area contributed by atoms with Crippen LogP contribution in [0.5, 0.6) is 0 Å². The third kappa shape index (κ3) is 3.29. The van der Waals surface area contributed by atoms with Crippen LogP contribution in [0.3, 0.4) is 0 Å². The molecule has 5 heteroatoms. The Morgan fingerprint density at radius 3 is 2.28 bits per heavy atom. The molecule has 0 aromatic heterocycles. The zero-order valence-corrected chi connectivity index (χ0v) is 10.6. The van der Waals surface area contributed by atoms with Gasteiger partial charge in [-0.05, 0) is 19.4 Å². The van der Waals surface area contributed by atoms with Gasteiger partial charge in [0.25, 0.3) is 0 Å². The average Bonchev–Trinajstić information content (AvgIpc) is 2.37. The molecule has 0 fully saturated rings. The first-order valence-corrected chi connectivity index (χ1v) is 5.69. The van der Waals surface area contributed by atoms with Gasteiger partial charge < -0.3 is 20.6 Å². The van der Waals surface area contributed by atoms with Gasteiger partial charge in [0.1, 0.15) is 0 Å². The summed E-state index contributed by atoms with van der Waals surface area (Å²) in [6.07, 6.45) is 0. The first-order chi connectivity index (χ1) is 8.32. The lowest BCUT2D eigenvalue weighted by Crippen LogP contribution is -2.52. The quantitative estimate of drug-likeness (QED) is 0.586. The van der Waals surface area contributed by atoms with Crippen LogP contribution in [0.2, 0.25) is 0 Å². The Labute approximate surface area is 106 Å². The molecular formula is C13H19NO4. The monoisotopic (exact) mass is 253 g/mol. The summed E-state index contributed by atoms with van der Waals surface area (Å²) in [6, 6.07) is 9.19. The van der Waals surface area contributed by atoms with Gasteiger partial charge in [0.05, 0.1) is 12.1 Å². The second kappa shape index (κ2) is 5.48. The Kier molecular flexibility index (Phi) is 4.45. The van der Waals surface area contributed by atoms with Crippen LogP contribution in [-0.4, -0.2) is 40.0 Å². The molecule has 2 unspecified atom stereocenters. The molecule has 100 valence electrons. The summed E-state index contributed by atoms with van der Waals surface area (Å²) in [7, 11) is 0. The summed E-state index contributed by atoms with van der Waals surface area (Å²) < 4.78 is 0. The summed E-state index contributed by atoms with van der Waals surface area (Å²) in [6.45, 7) is 2.60. The molecule has 0 spiro atoms. The minimum Gasteiger partial charge on any atom is -0.479 e. The van der Waals surface area contributed by atoms with E-state index < -0.39 is 17.1 Å². The third-order valence-electron chi connectivity index (χ3n) is 3.01. The number of aliphatic hydroxyl groups is 2. The standard InChI is InChI=1S/C13H19NO4/c1-12(9-15,10-6-4-3-5-7-10)14-8-13(2,18)11(16)17/h3-7,14-15,18H,8-9H2,1-2H3,(H,16,17). The van der Waals surface area contributed by atoms with Gasteiger partial charge in [0.15, 0.2) is 5.60 Å². The van der Waals surface area contributed by atoms with Gasteiger partial charge in [-0.2, -0.15) is 0 Å². The normalized spacial score (nSPS) is 17.8. The van der Waals surface area contributed by atoms with Crippen LogP contribution in [0.15, 0.2) is 30.3 Å². The van der Waals surface area contributed by atoms with Crippen molar-refractivity contribution in [3.8, 4) is 0 Å². The van der Waals surface area contributed by atoms with Crippen molar-refractivity contribution in [3.63, 3.8) is 0 Å². The number of carboxylic acid groups (broad SMARTS) is 1. The highest BCUT2D eigenvalue weighted by molar-refractivity contribution is 5.76. The van der Waals surface area contributed by atoms with Gasteiger partial charge in [0, 0.05) is 6.54 Å². The van der Waals surface area contributed by atoms with E-state index in [0.29, 0.717) is 0 Å². The van der Waals surface area contributed by atoms with Gasteiger partial charge in [-0.1, -0.05) is 30.3 Å². The van der Waals surface area contributed by atoms with Crippen molar-refractivity contribution < 1.29 is 20.1 Å². The summed E-state index contributed by atoms with van der Waals surface area (Å²) >= 11 is 0. The molecule has 1 rings (SSSR count). The van der Waals surface area contributed by atoms with Crippen LogP contribution in [-0.2, 0) is 10.3 Å². The van der Waals surface area contributed by atoms with E-state index in [-0.39, 0.29) is 13.2 Å². The number of carbonyl (C=O) groups is 1. The SMILES string of the molecule is CC(O)(CNC(C)(CO)c1ccccc1)C(=O)O. The fourth-order valence-electron chi connectivity index (χ4n) is 1.50. The molecule has 4 N–H and O–H groups in total. The molecule has 1 aromatic carbocycles. The van der Waals surface area contributed by atoms with Crippen molar-refractivity contribution in [2.45, 2.75) is 25.0 Å². The van der Waals surface area contributed by atoms with Crippen LogP contribution in [0.1, 0.15) is 19.4 Å². The molecule has 0 heterocycles. The smallest absolute Gasteiger partial charge is 0.336 e. The predicted octanol–water partition coefficient (Wildman–Crippen LogP) is 0.319. The molecule has 5 nitrogen and oxygen atoms in total. The molecule has 0 amide bonds. The third-order valence-corrected chi connectivity index (χ3v) is 3.01. The van der Waals surface area contributed by atoms with Crippen molar-refractivity contribution in [2.24, 2.45) is 0 Å². The topological polar surface area (TPSA) is 89.8 Å². The first kappa shape index (κ1) is 14.6. The molecule has 0 aliphatic heterocycles. The highest BCUT2D eigenvalue weighted by Gasteiger charge is 2.34. The minimum absolute atomic E-state index is 0.158. The zero-order chi connectivity index (χ0) is 13.8. The molecule has 0 aliphatic rings. The Balaban J connectivity index is 2.82. The van der Waals surface area contributed by atoms with Gasteiger partial charge in [-0.25, -0.2) is 4.79 Å². The van der Waals surface area contributed by atoms with Crippen molar-refractivity contribution in [2.75, 3.05) is 13.2 Å². The van der Waals surface area contributed by atoms with Crippen molar-refractivity contribution >= 4 is 5.97 Å². The fraction of sp³-hybridized carbons (Fsp3) is 0.462. The van der Waals surface area contributed by atoms with E-state index in [4.69, 9.17) is 5.11 Å². The number of aliphatic hydroxyl groups excluding tert-OH is 1. The lowest BCUT2D eigenvalue weighted by molar-refractivity contribution is -0.156.